The minimum absolute atomic E-state index is 0.0210. The van der Waals surface area contributed by atoms with Crippen molar-refractivity contribution in [1.29, 1.82) is 0 Å². The molecule has 7 heteroatoms. The fraction of sp³-hybridized carbons (Fsp3) is 0.300. The highest BCUT2D eigenvalue weighted by atomic mass is 35.5. The lowest BCUT2D eigenvalue weighted by atomic mass is 9.99. The fourth-order valence-electron chi connectivity index (χ4n) is 3.93. The summed E-state index contributed by atoms with van der Waals surface area (Å²) in [4.78, 5) is 28.3. The van der Waals surface area contributed by atoms with Crippen LogP contribution in [-0.2, 0) is 9.59 Å². The highest BCUT2D eigenvalue weighted by Gasteiger charge is 2.49. The number of carbonyl (C=O) groups excluding carboxylic acids is 2. The maximum atomic E-state index is 12.9. The average Bonchev–Trinajstić information content (AvgIpc) is 3.39. The van der Waals surface area contributed by atoms with E-state index in [9.17, 15) is 14.7 Å². The van der Waals surface area contributed by atoms with Gasteiger partial charge in [-0.15, -0.1) is 11.3 Å². The van der Waals surface area contributed by atoms with Crippen molar-refractivity contribution < 1.29 is 14.7 Å². The number of carbonyl (C=O) groups is 2. The molecule has 0 spiro atoms. The van der Waals surface area contributed by atoms with Crippen LogP contribution >= 0.6 is 34.5 Å². The van der Waals surface area contributed by atoms with Crippen LogP contribution in [0.4, 0.5) is 0 Å². The van der Waals surface area contributed by atoms with E-state index in [4.69, 9.17) is 23.2 Å². The Morgan fingerprint density at radius 1 is 1.11 bits per heavy atom. The molecule has 4 rings (SSSR count). The highest BCUT2D eigenvalue weighted by molar-refractivity contribution is 7.10. The molecule has 0 radical (unpaired) electrons. The first-order chi connectivity index (χ1) is 13.0. The molecule has 1 atom stereocenters. The first-order valence-corrected chi connectivity index (χ1v) is 10.4. The molecule has 140 valence electrons. The van der Waals surface area contributed by atoms with Crippen LogP contribution in [0.1, 0.15) is 42.2 Å². The predicted molar refractivity (Wildman–Crippen MR) is 107 cm³/mol. The zero-order valence-corrected chi connectivity index (χ0v) is 16.7. The number of nitrogens with zero attached hydrogens (tertiary/aromatic N) is 1. The second kappa shape index (κ2) is 7.30. The highest BCUT2D eigenvalue weighted by Crippen LogP contribution is 2.44. The van der Waals surface area contributed by atoms with E-state index in [0.29, 0.717) is 10.6 Å². The summed E-state index contributed by atoms with van der Waals surface area (Å²) in [6.07, 6.45) is 3.83. The molecule has 2 heterocycles. The molecular weight excluding hydrogens is 405 g/mol. The summed E-state index contributed by atoms with van der Waals surface area (Å²) >= 11 is 13.5. The molecule has 2 fully saturated rings. The second-order valence-electron chi connectivity index (χ2n) is 6.79. The Bertz CT molecular complexity index is 933. The molecule has 1 aliphatic heterocycles. The Morgan fingerprint density at radius 2 is 1.85 bits per heavy atom. The molecule has 1 amide bonds. The predicted octanol–water partition coefficient (Wildman–Crippen LogP) is 5.42. The molecule has 1 unspecified atom stereocenters. The number of Topliss-reactive ketones (excluding diaryl/α,β-unsaturated/α-hetero) is 1. The van der Waals surface area contributed by atoms with Gasteiger partial charge in [-0.25, -0.2) is 0 Å². The Morgan fingerprint density at radius 3 is 2.48 bits per heavy atom. The van der Waals surface area contributed by atoms with Crippen LogP contribution in [-0.4, -0.2) is 27.7 Å². The van der Waals surface area contributed by atoms with Gasteiger partial charge in [0.1, 0.15) is 5.76 Å². The quantitative estimate of drug-likeness (QED) is 0.408. The van der Waals surface area contributed by atoms with Gasteiger partial charge in [-0.1, -0.05) is 42.1 Å². The molecule has 2 aliphatic rings. The van der Waals surface area contributed by atoms with Gasteiger partial charge in [0.25, 0.3) is 11.7 Å². The Balaban J connectivity index is 1.87. The van der Waals surface area contributed by atoms with Crippen molar-refractivity contribution in [2.45, 2.75) is 37.8 Å². The summed E-state index contributed by atoms with van der Waals surface area (Å²) in [5.41, 5.74) is 0.489. The van der Waals surface area contributed by atoms with Crippen LogP contribution in [0.25, 0.3) is 5.76 Å². The molecular formula is C20H17Cl2NO3S. The van der Waals surface area contributed by atoms with Crippen LogP contribution in [0, 0.1) is 0 Å². The van der Waals surface area contributed by atoms with E-state index >= 15 is 0 Å². The van der Waals surface area contributed by atoms with Gasteiger partial charge in [0.05, 0.1) is 21.7 Å². The van der Waals surface area contributed by atoms with Gasteiger partial charge < -0.3 is 10.0 Å². The van der Waals surface area contributed by atoms with Crippen molar-refractivity contribution in [2.24, 2.45) is 0 Å². The molecule has 1 aromatic carbocycles. The minimum Gasteiger partial charge on any atom is -0.507 e. The molecule has 1 saturated heterocycles. The lowest BCUT2D eigenvalue weighted by Gasteiger charge is -2.29. The Kier molecular flexibility index (Phi) is 5.01. The lowest BCUT2D eigenvalue weighted by Crippen LogP contribution is -2.37. The van der Waals surface area contributed by atoms with Gasteiger partial charge in [0, 0.05) is 16.5 Å². The summed E-state index contributed by atoms with van der Waals surface area (Å²) in [6.45, 7) is 0. The largest absolute Gasteiger partial charge is 0.507 e. The van der Waals surface area contributed by atoms with E-state index < -0.39 is 17.7 Å². The lowest BCUT2D eigenvalue weighted by molar-refractivity contribution is -0.141. The van der Waals surface area contributed by atoms with Crippen molar-refractivity contribution in [3.05, 3.63) is 61.8 Å². The summed E-state index contributed by atoms with van der Waals surface area (Å²) < 4.78 is 0. The molecule has 4 nitrogen and oxygen atoms in total. The summed E-state index contributed by atoms with van der Waals surface area (Å²) in [5, 5.41) is 13.5. The van der Waals surface area contributed by atoms with Crippen molar-refractivity contribution in [3.8, 4) is 0 Å². The van der Waals surface area contributed by atoms with Gasteiger partial charge in [0.15, 0.2) is 0 Å². The first-order valence-electron chi connectivity index (χ1n) is 8.78. The zero-order valence-electron chi connectivity index (χ0n) is 14.3. The monoisotopic (exact) mass is 421 g/mol. The maximum Gasteiger partial charge on any atom is 0.295 e. The third-order valence-corrected chi connectivity index (χ3v) is 6.87. The number of amides is 1. The van der Waals surface area contributed by atoms with Gasteiger partial charge in [-0.3, -0.25) is 9.59 Å². The van der Waals surface area contributed by atoms with Gasteiger partial charge in [-0.2, -0.15) is 0 Å². The number of ketones is 1. The van der Waals surface area contributed by atoms with Crippen LogP contribution in [0.3, 0.4) is 0 Å². The van der Waals surface area contributed by atoms with E-state index in [1.807, 2.05) is 17.5 Å². The summed E-state index contributed by atoms with van der Waals surface area (Å²) in [5.74, 6) is -1.41. The fourth-order valence-corrected chi connectivity index (χ4v) is 5.06. The number of likely N-dealkylation sites (tertiary alicyclic amines) is 1. The number of benzene rings is 1. The van der Waals surface area contributed by atoms with Crippen LogP contribution in [0.5, 0.6) is 0 Å². The standard InChI is InChI=1S/C20H17Cl2NO3S/c21-13-8-7-11(10-14(13)22)18(24)16-17(15-6-3-9-27-15)23(20(26)19(16)25)12-4-1-2-5-12/h3,6-10,12,17,24H,1-2,4-5H2/b18-16-. The van der Waals surface area contributed by atoms with Gasteiger partial charge in [-0.05, 0) is 42.5 Å². The SMILES string of the molecule is O=C1C(=O)N(C2CCCC2)C(c2cccs2)/C1=C(/O)c1ccc(Cl)c(Cl)c1. The molecule has 2 aromatic rings. The first kappa shape index (κ1) is 18.5. The van der Waals surface area contributed by atoms with E-state index in [0.717, 1.165) is 30.6 Å². The number of hydrogen-bond donors (Lipinski definition) is 1. The van der Waals surface area contributed by atoms with E-state index in [1.54, 1.807) is 17.0 Å². The molecule has 1 N–H and O–H groups in total. The number of aliphatic hydroxyl groups is 1. The van der Waals surface area contributed by atoms with Crippen LogP contribution < -0.4 is 0 Å². The summed E-state index contributed by atoms with van der Waals surface area (Å²) in [7, 11) is 0. The molecule has 1 aromatic heterocycles. The van der Waals surface area contributed by atoms with Crippen LogP contribution in [0.15, 0.2) is 41.3 Å². The molecule has 1 saturated carbocycles. The van der Waals surface area contributed by atoms with Gasteiger partial charge in [0.2, 0.25) is 0 Å². The molecule has 0 bridgehead atoms. The smallest absolute Gasteiger partial charge is 0.295 e. The topological polar surface area (TPSA) is 57.6 Å². The van der Waals surface area contributed by atoms with E-state index in [2.05, 4.69) is 0 Å². The summed E-state index contributed by atoms with van der Waals surface area (Å²) in [6, 6.07) is 7.90. The number of aliphatic hydroxyl groups excluding tert-OH is 1. The number of thiophene rings is 1. The molecule has 1 aliphatic carbocycles. The van der Waals surface area contributed by atoms with Crippen LogP contribution in [0.2, 0.25) is 10.0 Å². The number of halogens is 2. The third-order valence-electron chi connectivity index (χ3n) is 5.20. The maximum absolute atomic E-state index is 12.9. The van der Waals surface area contributed by atoms with E-state index in [-0.39, 0.29) is 22.4 Å². The number of hydrogen-bond acceptors (Lipinski definition) is 4. The average molecular weight is 422 g/mol. The van der Waals surface area contributed by atoms with Gasteiger partial charge >= 0.3 is 0 Å². The van der Waals surface area contributed by atoms with Crippen molar-refractivity contribution >= 4 is 52.0 Å². The van der Waals surface area contributed by atoms with Crippen molar-refractivity contribution in [1.82, 2.24) is 4.90 Å². The minimum atomic E-state index is -0.649. The van der Waals surface area contributed by atoms with Crippen molar-refractivity contribution in [3.63, 3.8) is 0 Å². The Labute approximate surface area is 171 Å². The normalized spacial score (nSPS) is 22.7. The second-order valence-corrected chi connectivity index (χ2v) is 8.58. The zero-order chi connectivity index (χ0) is 19.1. The van der Waals surface area contributed by atoms with E-state index in [1.165, 1.54) is 17.4 Å². The van der Waals surface area contributed by atoms with Crippen molar-refractivity contribution in [2.75, 3.05) is 0 Å². The third kappa shape index (κ3) is 3.18. The Hall–Kier alpha value is -1.82. The number of rotatable bonds is 3. The molecule has 27 heavy (non-hydrogen) atoms.